The second-order valence-corrected chi connectivity index (χ2v) is 6.60. The van der Waals surface area contributed by atoms with E-state index in [1.54, 1.807) is 11.3 Å². The van der Waals surface area contributed by atoms with E-state index in [1.165, 1.54) is 10.3 Å². The SMILES string of the molecule is Cc1nc2ccc(CN3CC(C)C(N)C3)cc2s1.Cl. The van der Waals surface area contributed by atoms with Crippen molar-refractivity contribution in [2.24, 2.45) is 11.7 Å². The maximum atomic E-state index is 6.07. The first-order valence-electron chi connectivity index (χ1n) is 6.46. The molecule has 1 aliphatic rings. The van der Waals surface area contributed by atoms with Crippen molar-refractivity contribution in [1.82, 2.24) is 9.88 Å². The van der Waals surface area contributed by atoms with Crippen LogP contribution in [0.4, 0.5) is 0 Å². The highest BCUT2D eigenvalue weighted by molar-refractivity contribution is 7.18. The van der Waals surface area contributed by atoms with Crippen LogP contribution in [0, 0.1) is 12.8 Å². The minimum Gasteiger partial charge on any atom is -0.326 e. The highest BCUT2D eigenvalue weighted by Gasteiger charge is 2.26. The van der Waals surface area contributed by atoms with Gasteiger partial charge in [-0.05, 0) is 30.5 Å². The average molecular weight is 298 g/mol. The first kappa shape index (κ1) is 14.7. The molecule has 3 rings (SSSR count). The Balaban J connectivity index is 0.00000133. The molecule has 5 heteroatoms. The lowest BCUT2D eigenvalue weighted by atomic mass is 10.1. The molecule has 19 heavy (non-hydrogen) atoms. The number of aryl methyl sites for hydroxylation is 1. The molecule has 2 heterocycles. The van der Waals surface area contributed by atoms with E-state index in [4.69, 9.17) is 5.73 Å². The number of nitrogens with zero attached hydrogens (tertiary/aromatic N) is 2. The zero-order valence-corrected chi connectivity index (χ0v) is 12.9. The quantitative estimate of drug-likeness (QED) is 0.927. The molecule has 1 aromatic carbocycles. The monoisotopic (exact) mass is 297 g/mol. The number of aromatic nitrogens is 1. The van der Waals surface area contributed by atoms with Crippen molar-refractivity contribution >= 4 is 34.0 Å². The lowest BCUT2D eigenvalue weighted by molar-refractivity contribution is 0.319. The van der Waals surface area contributed by atoms with Gasteiger partial charge in [0.2, 0.25) is 0 Å². The molecule has 0 bridgehead atoms. The number of hydrogen-bond donors (Lipinski definition) is 1. The lowest BCUT2D eigenvalue weighted by Crippen LogP contribution is -2.28. The Kier molecular flexibility index (Phi) is 4.46. The normalized spacial score (nSPS) is 23.7. The summed E-state index contributed by atoms with van der Waals surface area (Å²) in [4.78, 5) is 6.94. The third kappa shape index (κ3) is 3.08. The van der Waals surface area contributed by atoms with Gasteiger partial charge in [0.1, 0.15) is 0 Å². The van der Waals surface area contributed by atoms with Gasteiger partial charge in [-0.15, -0.1) is 23.7 Å². The molecular weight excluding hydrogens is 278 g/mol. The summed E-state index contributed by atoms with van der Waals surface area (Å²) in [5.74, 6) is 0.611. The second kappa shape index (κ2) is 5.75. The van der Waals surface area contributed by atoms with Crippen LogP contribution in [0.25, 0.3) is 10.2 Å². The highest BCUT2D eigenvalue weighted by Crippen LogP contribution is 2.24. The van der Waals surface area contributed by atoms with Crippen molar-refractivity contribution in [3.05, 3.63) is 28.8 Å². The fourth-order valence-electron chi connectivity index (χ4n) is 2.67. The summed E-state index contributed by atoms with van der Waals surface area (Å²) in [6.07, 6.45) is 0. The maximum absolute atomic E-state index is 6.07. The predicted molar refractivity (Wildman–Crippen MR) is 84.0 cm³/mol. The first-order chi connectivity index (χ1) is 8.61. The van der Waals surface area contributed by atoms with Crippen LogP contribution in [0.15, 0.2) is 18.2 Å². The van der Waals surface area contributed by atoms with E-state index in [0.29, 0.717) is 12.0 Å². The Labute approximate surface area is 124 Å². The van der Waals surface area contributed by atoms with Gasteiger partial charge in [0.05, 0.1) is 15.2 Å². The molecule has 0 aliphatic carbocycles. The molecule has 2 unspecified atom stereocenters. The van der Waals surface area contributed by atoms with Gasteiger partial charge in [0, 0.05) is 25.7 Å². The molecular formula is C14H20ClN3S. The molecule has 1 fully saturated rings. The zero-order chi connectivity index (χ0) is 12.7. The Morgan fingerprint density at radius 3 is 2.89 bits per heavy atom. The summed E-state index contributed by atoms with van der Waals surface area (Å²) < 4.78 is 1.29. The maximum Gasteiger partial charge on any atom is 0.0907 e. The van der Waals surface area contributed by atoms with Gasteiger partial charge < -0.3 is 5.73 Å². The summed E-state index contributed by atoms with van der Waals surface area (Å²) in [6, 6.07) is 6.93. The second-order valence-electron chi connectivity index (χ2n) is 5.37. The fraction of sp³-hybridized carbons (Fsp3) is 0.500. The van der Waals surface area contributed by atoms with Crippen LogP contribution >= 0.6 is 23.7 Å². The lowest BCUT2D eigenvalue weighted by Gasteiger charge is -2.15. The molecule has 1 aliphatic heterocycles. The van der Waals surface area contributed by atoms with E-state index < -0.39 is 0 Å². The van der Waals surface area contributed by atoms with Crippen LogP contribution in [-0.2, 0) is 6.54 Å². The van der Waals surface area contributed by atoms with E-state index >= 15 is 0 Å². The van der Waals surface area contributed by atoms with Crippen molar-refractivity contribution < 1.29 is 0 Å². The largest absolute Gasteiger partial charge is 0.326 e. The zero-order valence-electron chi connectivity index (χ0n) is 11.3. The number of fused-ring (bicyclic) bond motifs is 1. The van der Waals surface area contributed by atoms with E-state index in [9.17, 15) is 0 Å². The molecule has 1 aromatic heterocycles. The number of thiazole rings is 1. The minimum absolute atomic E-state index is 0. The average Bonchev–Trinajstić information content (AvgIpc) is 2.81. The molecule has 2 N–H and O–H groups in total. The molecule has 0 saturated carbocycles. The number of likely N-dealkylation sites (tertiary alicyclic amines) is 1. The number of benzene rings is 1. The molecule has 0 spiro atoms. The van der Waals surface area contributed by atoms with Crippen LogP contribution < -0.4 is 5.73 Å². The van der Waals surface area contributed by atoms with Gasteiger partial charge in [0.25, 0.3) is 0 Å². The van der Waals surface area contributed by atoms with Crippen molar-refractivity contribution in [3.8, 4) is 0 Å². The van der Waals surface area contributed by atoms with Gasteiger partial charge in [-0.1, -0.05) is 13.0 Å². The van der Waals surface area contributed by atoms with Crippen LogP contribution in [0.1, 0.15) is 17.5 Å². The topological polar surface area (TPSA) is 42.2 Å². The van der Waals surface area contributed by atoms with Gasteiger partial charge in [-0.3, -0.25) is 4.90 Å². The van der Waals surface area contributed by atoms with E-state index in [1.807, 2.05) is 0 Å². The smallest absolute Gasteiger partial charge is 0.0907 e. The minimum atomic E-state index is 0. The fourth-order valence-corrected chi connectivity index (χ4v) is 3.56. The van der Waals surface area contributed by atoms with Crippen molar-refractivity contribution in [1.29, 1.82) is 0 Å². The predicted octanol–water partition coefficient (Wildman–Crippen LogP) is 2.81. The Morgan fingerprint density at radius 2 is 2.21 bits per heavy atom. The van der Waals surface area contributed by atoms with Crippen LogP contribution in [0.5, 0.6) is 0 Å². The summed E-state index contributed by atoms with van der Waals surface area (Å²) in [5, 5.41) is 1.14. The van der Waals surface area contributed by atoms with Gasteiger partial charge in [-0.2, -0.15) is 0 Å². The molecule has 104 valence electrons. The van der Waals surface area contributed by atoms with Gasteiger partial charge >= 0.3 is 0 Å². The van der Waals surface area contributed by atoms with Gasteiger partial charge in [0.15, 0.2) is 0 Å². The summed E-state index contributed by atoms with van der Waals surface area (Å²) in [6.45, 7) is 7.43. The molecule has 3 nitrogen and oxygen atoms in total. The molecule has 2 atom stereocenters. The van der Waals surface area contributed by atoms with Gasteiger partial charge in [-0.25, -0.2) is 4.98 Å². The Hall–Kier alpha value is -0.680. The van der Waals surface area contributed by atoms with Crippen molar-refractivity contribution in [3.63, 3.8) is 0 Å². The third-order valence-electron chi connectivity index (χ3n) is 3.71. The van der Waals surface area contributed by atoms with Crippen molar-refractivity contribution in [2.45, 2.75) is 26.4 Å². The number of hydrogen-bond acceptors (Lipinski definition) is 4. The van der Waals surface area contributed by atoms with Crippen LogP contribution in [-0.4, -0.2) is 29.0 Å². The van der Waals surface area contributed by atoms with E-state index in [-0.39, 0.29) is 12.4 Å². The summed E-state index contributed by atoms with van der Waals surface area (Å²) in [7, 11) is 0. The van der Waals surface area contributed by atoms with Crippen LogP contribution in [0.2, 0.25) is 0 Å². The summed E-state index contributed by atoms with van der Waals surface area (Å²) >= 11 is 1.77. The third-order valence-corrected chi connectivity index (χ3v) is 4.65. The number of halogens is 1. The highest BCUT2D eigenvalue weighted by atomic mass is 35.5. The molecule has 0 radical (unpaired) electrons. The van der Waals surface area contributed by atoms with Crippen molar-refractivity contribution in [2.75, 3.05) is 13.1 Å². The molecule has 1 saturated heterocycles. The van der Waals surface area contributed by atoms with Crippen LogP contribution in [0.3, 0.4) is 0 Å². The molecule has 0 amide bonds. The summed E-state index contributed by atoms with van der Waals surface area (Å²) in [5.41, 5.74) is 8.55. The van der Waals surface area contributed by atoms with E-state index in [0.717, 1.165) is 30.2 Å². The van der Waals surface area contributed by atoms with E-state index in [2.05, 4.69) is 41.9 Å². The molecule has 2 aromatic rings. The number of nitrogens with two attached hydrogens (primary N) is 1. The first-order valence-corrected chi connectivity index (χ1v) is 7.27. The standard InChI is InChI=1S/C14H19N3S.ClH/c1-9-6-17(8-12(9)15)7-11-3-4-13-14(5-11)18-10(2)16-13;/h3-5,9,12H,6-8,15H2,1-2H3;1H. The Morgan fingerprint density at radius 1 is 1.42 bits per heavy atom. The number of rotatable bonds is 2. The Bertz CT molecular complexity index is 559.